The summed E-state index contributed by atoms with van der Waals surface area (Å²) in [7, 11) is 0. The Kier molecular flexibility index (Phi) is 5.62. The minimum atomic E-state index is -0.865. The Bertz CT molecular complexity index is 379. The van der Waals surface area contributed by atoms with E-state index in [0.29, 0.717) is 19.6 Å². The average Bonchev–Trinajstić information content (AvgIpc) is 2.78. The molecule has 3 N–H and O–H groups in total. The number of carboxylic acids is 1. The predicted molar refractivity (Wildman–Crippen MR) is 62.8 cm³/mol. The Labute approximate surface area is 104 Å². The van der Waals surface area contributed by atoms with E-state index in [1.54, 1.807) is 24.0 Å². The molecule has 0 saturated carbocycles. The highest BCUT2D eigenvalue weighted by atomic mass is 16.4. The third-order valence-electron chi connectivity index (χ3n) is 2.23. The number of rotatable bonds is 7. The highest BCUT2D eigenvalue weighted by Gasteiger charge is 2.08. The van der Waals surface area contributed by atoms with Crippen molar-refractivity contribution in [2.45, 2.75) is 19.9 Å². The lowest BCUT2D eigenvalue weighted by atomic mass is 10.1. The first-order valence-corrected chi connectivity index (χ1v) is 5.65. The molecule has 1 aromatic heterocycles. The van der Waals surface area contributed by atoms with Crippen LogP contribution in [0.25, 0.3) is 0 Å². The number of nitrogens with one attached hydrogen (secondary N) is 2. The fourth-order valence-corrected chi connectivity index (χ4v) is 1.34. The van der Waals surface area contributed by atoms with Crippen molar-refractivity contribution in [3.63, 3.8) is 0 Å². The molecule has 1 heterocycles. The molecular formula is C10H17N5O3. The third kappa shape index (κ3) is 5.83. The number of urea groups is 1. The van der Waals surface area contributed by atoms with Crippen LogP contribution in [0, 0.1) is 5.92 Å². The Morgan fingerprint density at radius 1 is 1.44 bits per heavy atom. The van der Waals surface area contributed by atoms with Crippen LogP contribution in [0.1, 0.15) is 13.3 Å². The second kappa shape index (κ2) is 7.25. The van der Waals surface area contributed by atoms with Crippen molar-refractivity contribution in [3.05, 3.63) is 12.4 Å². The van der Waals surface area contributed by atoms with Gasteiger partial charge in [-0.1, -0.05) is 12.1 Å². The van der Waals surface area contributed by atoms with Gasteiger partial charge in [0.2, 0.25) is 0 Å². The maximum Gasteiger partial charge on any atom is 0.314 e. The van der Waals surface area contributed by atoms with Gasteiger partial charge in [-0.2, -0.15) is 0 Å². The van der Waals surface area contributed by atoms with Crippen LogP contribution in [0.15, 0.2) is 12.4 Å². The van der Waals surface area contributed by atoms with Crippen LogP contribution in [-0.2, 0) is 11.3 Å². The number of hydrogen-bond donors (Lipinski definition) is 3. The van der Waals surface area contributed by atoms with E-state index in [9.17, 15) is 9.59 Å². The molecule has 1 rings (SSSR count). The van der Waals surface area contributed by atoms with Crippen molar-refractivity contribution >= 4 is 12.0 Å². The van der Waals surface area contributed by atoms with Gasteiger partial charge in [-0.25, -0.2) is 4.79 Å². The second-order valence-electron chi connectivity index (χ2n) is 4.01. The summed E-state index contributed by atoms with van der Waals surface area (Å²) in [4.78, 5) is 21.8. The van der Waals surface area contributed by atoms with Gasteiger partial charge in [0.1, 0.15) is 0 Å². The molecule has 1 atom stereocenters. The average molecular weight is 255 g/mol. The summed E-state index contributed by atoms with van der Waals surface area (Å²) < 4.78 is 1.60. The first-order valence-electron chi connectivity index (χ1n) is 5.65. The van der Waals surface area contributed by atoms with E-state index in [1.807, 2.05) is 0 Å². The number of carbonyl (C=O) groups is 2. The minimum Gasteiger partial charge on any atom is -0.481 e. The van der Waals surface area contributed by atoms with Gasteiger partial charge in [-0.3, -0.25) is 9.48 Å². The van der Waals surface area contributed by atoms with Gasteiger partial charge in [0.15, 0.2) is 0 Å². The number of carbonyl (C=O) groups excluding carboxylic acids is 1. The molecular weight excluding hydrogens is 238 g/mol. The van der Waals surface area contributed by atoms with E-state index in [-0.39, 0.29) is 18.4 Å². The third-order valence-corrected chi connectivity index (χ3v) is 2.23. The number of aliphatic carboxylic acids is 1. The lowest BCUT2D eigenvalue weighted by Gasteiger charge is -2.11. The van der Waals surface area contributed by atoms with Crippen LogP contribution in [0.5, 0.6) is 0 Å². The Balaban J connectivity index is 2.08. The fourth-order valence-electron chi connectivity index (χ4n) is 1.34. The van der Waals surface area contributed by atoms with Crippen LogP contribution >= 0.6 is 0 Å². The molecule has 0 bridgehead atoms. The van der Waals surface area contributed by atoms with Crippen LogP contribution in [-0.4, -0.2) is 45.2 Å². The van der Waals surface area contributed by atoms with Gasteiger partial charge in [0.05, 0.1) is 12.7 Å². The normalized spacial score (nSPS) is 11.8. The highest BCUT2D eigenvalue weighted by Crippen LogP contribution is 1.98. The molecule has 100 valence electrons. The molecule has 0 spiro atoms. The van der Waals surface area contributed by atoms with Crippen molar-refractivity contribution in [2.24, 2.45) is 5.92 Å². The molecule has 0 fully saturated rings. The van der Waals surface area contributed by atoms with Gasteiger partial charge in [-0.15, -0.1) is 5.10 Å². The molecule has 0 aromatic carbocycles. The Morgan fingerprint density at radius 3 is 2.83 bits per heavy atom. The smallest absolute Gasteiger partial charge is 0.314 e. The molecule has 18 heavy (non-hydrogen) atoms. The largest absolute Gasteiger partial charge is 0.481 e. The van der Waals surface area contributed by atoms with Gasteiger partial charge < -0.3 is 15.7 Å². The summed E-state index contributed by atoms with van der Waals surface area (Å²) in [6, 6.07) is -0.313. The van der Waals surface area contributed by atoms with Gasteiger partial charge >= 0.3 is 12.0 Å². The van der Waals surface area contributed by atoms with E-state index in [0.717, 1.165) is 0 Å². The highest BCUT2D eigenvalue weighted by molar-refractivity contribution is 5.73. The second-order valence-corrected chi connectivity index (χ2v) is 4.01. The van der Waals surface area contributed by atoms with Crippen molar-refractivity contribution in [3.8, 4) is 0 Å². The van der Waals surface area contributed by atoms with Crippen LogP contribution in [0.4, 0.5) is 4.79 Å². The maximum atomic E-state index is 11.3. The molecule has 1 aromatic rings. The van der Waals surface area contributed by atoms with Crippen molar-refractivity contribution in [1.82, 2.24) is 25.6 Å². The standard InChI is InChI=1S/C10H17N5O3/c1-8(6-9(16)17)7-12-10(18)11-2-4-15-5-3-13-14-15/h3,5,8H,2,4,6-7H2,1H3,(H,16,17)(H2,11,12,18). The van der Waals surface area contributed by atoms with E-state index in [2.05, 4.69) is 20.9 Å². The van der Waals surface area contributed by atoms with Crippen LogP contribution < -0.4 is 10.6 Å². The van der Waals surface area contributed by atoms with Crippen LogP contribution in [0.2, 0.25) is 0 Å². The monoisotopic (exact) mass is 255 g/mol. The number of carboxylic acid groups (broad SMARTS) is 1. The van der Waals surface area contributed by atoms with E-state index in [1.165, 1.54) is 0 Å². The number of hydrogen-bond acceptors (Lipinski definition) is 4. The summed E-state index contributed by atoms with van der Waals surface area (Å²) in [6.07, 6.45) is 3.31. The maximum absolute atomic E-state index is 11.3. The van der Waals surface area contributed by atoms with Gasteiger partial charge in [0, 0.05) is 25.7 Å². The molecule has 8 nitrogen and oxygen atoms in total. The number of aromatic nitrogens is 3. The van der Waals surface area contributed by atoms with Crippen molar-refractivity contribution < 1.29 is 14.7 Å². The van der Waals surface area contributed by atoms with Crippen molar-refractivity contribution in [2.75, 3.05) is 13.1 Å². The Hall–Kier alpha value is -2.12. The molecule has 0 radical (unpaired) electrons. The molecule has 2 amide bonds. The van der Waals surface area contributed by atoms with Gasteiger partial charge in [0.25, 0.3) is 0 Å². The Morgan fingerprint density at radius 2 is 2.22 bits per heavy atom. The van der Waals surface area contributed by atoms with E-state index >= 15 is 0 Å². The lowest BCUT2D eigenvalue weighted by Crippen LogP contribution is -2.39. The molecule has 0 aliphatic heterocycles. The number of amides is 2. The van der Waals surface area contributed by atoms with Gasteiger partial charge in [-0.05, 0) is 5.92 Å². The van der Waals surface area contributed by atoms with E-state index < -0.39 is 5.97 Å². The quantitative estimate of drug-likeness (QED) is 0.619. The molecule has 0 aliphatic rings. The van der Waals surface area contributed by atoms with Crippen molar-refractivity contribution in [1.29, 1.82) is 0 Å². The summed E-state index contributed by atoms with van der Waals surface area (Å²) >= 11 is 0. The zero-order valence-electron chi connectivity index (χ0n) is 10.2. The zero-order chi connectivity index (χ0) is 13.4. The predicted octanol–water partition coefficient (Wildman–Crippen LogP) is -0.312. The first kappa shape index (κ1) is 13.9. The summed E-state index contributed by atoms with van der Waals surface area (Å²) in [5, 5.41) is 21.2. The lowest BCUT2D eigenvalue weighted by molar-refractivity contribution is -0.137. The number of nitrogens with zero attached hydrogens (tertiary/aromatic N) is 3. The van der Waals surface area contributed by atoms with Crippen LogP contribution in [0.3, 0.4) is 0 Å². The van der Waals surface area contributed by atoms with E-state index in [4.69, 9.17) is 5.11 Å². The molecule has 1 unspecified atom stereocenters. The molecule has 8 heteroatoms. The SMILES string of the molecule is CC(CNC(=O)NCCn1ccnn1)CC(=O)O. The first-order chi connectivity index (χ1) is 8.58. The summed E-state index contributed by atoms with van der Waals surface area (Å²) in [5.74, 6) is -0.959. The molecule has 0 saturated heterocycles. The molecule has 0 aliphatic carbocycles. The fraction of sp³-hybridized carbons (Fsp3) is 0.600. The summed E-state index contributed by atoms with van der Waals surface area (Å²) in [5.41, 5.74) is 0. The summed E-state index contributed by atoms with van der Waals surface area (Å²) in [6.45, 7) is 3.08. The topological polar surface area (TPSA) is 109 Å². The zero-order valence-corrected chi connectivity index (χ0v) is 10.2. The minimum absolute atomic E-state index is 0.0409.